The average molecular weight is 535 g/mol. The highest BCUT2D eigenvalue weighted by atomic mass is 79.9. The molecule has 3 fully saturated rings. The van der Waals surface area contributed by atoms with Gasteiger partial charge in [0.25, 0.3) is 11.8 Å². The molecule has 3 aliphatic rings. The van der Waals surface area contributed by atoms with Gasteiger partial charge in [0.2, 0.25) is 0 Å². The van der Waals surface area contributed by atoms with Crippen LogP contribution in [0.5, 0.6) is 5.75 Å². The first-order chi connectivity index (χ1) is 16.3. The van der Waals surface area contributed by atoms with E-state index in [-0.39, 0.29) is 37.5 Å². The van der Waals surface area contributed by atoms with Crippen molar-refractivity contribution < 1.29 is 18.3 Å². The Bertz CT molecular complexity index is 1070. The van der Waals surface area contributed by atoms with Crippen LogP contribution in [0.4, 0.5) is 26.0 Å². The van der Waals surface area contributed by atoms with Crippen molar-refractivity contribution in [1.82, 2.24) is 4.98 Å². The quantitative estimate of drug-likeness (QED) is 0.531. The third kappa shape index (κ3) is 4.85. The smallest absolute Gasteiger partial charge is 0.274 e. The lowest BCUT2D eigenvalue weighted by atomic mass is 9.93. The summed E-state index contributed by atoms with van der Waals surface area (Å²) in [5.41, 5.74) is 2.51. The molecule has 0 atom stereocenters. The molecule has 2 saturated heterocycles. The van der Waals surface area contributed by atoms with E-state index < -0.39 is 5.92 Å². The van der Waals surface area contributed by atoms with Crippen molar-refractivity contribution in [2.45, 2.75) is 44.4 Å². The van der Waals surface area contributed by atoms with Crippen molar-refractivity contribution in [3.05, 3.63) is 40.5 Å². The first-order valence-corrected chi connectivity index (χ1v) is 12.6. The van der Waals surface area contributed by atoms with Crippen LogP contribution in [0.1, 0.15) is 49.0 Å². The number of rotatable bonds is 5. The van der Waals surface area contributed by atoms with E-state index >= 15 is 0 Å². The number of carbonyl (C=O) groups excluding carboxylic acids is 1. The van der Waals surface area contributed by atoms with Crippen LogP contribution in [-0.4, -0.2) is 50.1 Å². The van der Waals surface area contributed by atoms with Crippen LogP contribution in [0, 0.1) is 5.41 Å². The van der Waals surface area contributed by atoms with Gasteiger partial charge in [-0.1, -0.05) is 15.9 Å². The van der Waals surface area contributed by atoms with Crippen LogP contribution in [0.15, 0.2) is 34.8 Å². The van der Waals surface area contributed by atoms with Crippen LogP contribution < -0.4 is 19.9 Å². The van der Waals surface area contributed by atoms with E-state index in [0.29, 0.717) is 17.0 Å². The maximum atomic E-state index is 13.6. The number of piperidine rings is 2. The zero-order chi connectivity index (χ0) is 23.9. The van der Waals surface area contributed by atoms with Gasteiger partial charge < -0.3 is 19.9 Å². The van der Waals surface area contributed by atoms with Crippen LogP contribution in [0.3, 0.4) is 0 Å². The molecule has 9 heteroatoms. The molecule has 1 aromatic carbocycles. The molecule has 0 unspecified atom stereocenters. The molecular formula is C25H29BrF2N4O2. The second kappa shape index (κ2) is 8.98. The summed E-state index contributed by atoms with van der Waals surface area (Å²) in [5, 5.41) is 3.03. The van der Waals surface area contributed by atoms with E-state index in [2.05, 4.69) is 31.1 Å². The number of benzene rings is 1. The third-order valence-electron chi connectivity index (χ3n) is 7.42. The molecule has 0 radical (unpaired) electrons. The number of ether oxygens (including phenoxy) is 1. The Morgan fingerprint density at radius 2 is 1.68 bits per heavy atom. The highest BCUT2D eigenvalue weighted by Gasteiger charge is 2.44. The van der Waals surface area contributed by atoms with Crippen molar-refractivity contribution in [2.75, 3.05) is 48.4 Å². The van der Waals surface area contributed by atoms with Crippen molar-refractivity contribution in [3.8, 4) is 5.75 Å². The van der Waals surface area contributed by atoms with Crippen molar-refractivity contribution >= 4 is 39.0 Å². The topological polar surface area (TPSA) is 57.7 Å². The molecular weight excluding hydrogens is 506 g/mol. The lowest BCUT2D eigenvalue weighted by Crippen LogP contribution is -2.40. The molecule has 1 saturated carbocycles. The number of alkyl halides is 2. The van der Waals surface area contributed by atoms with Gasteiger partial charge in [0.05, 0.1) is 18.5 Å². The number of pyridine rings is 1. The monoisotopic (exact) mass is 534 g/mol. The second-order valence-corrected chi connectivity index (χ2v) is 10.6. The Balaban J connectivity index is 1.35. The van der Waals surface area contributed by atoms with Crippen LogP contribution in [-0.2, 0) is 0 Å². The predicted molar refractivity (Wildman–Crippen MR) is 132 cm³/mol. The van der Waals surface area contributed by atoms with Gasteiger partial charge in [0.15, 0.2) is 11.6 Å². The Kier molecular flexibility index (Phi) is 6.16. The van der Waals surface area contributed by atoms with E-state index in [9.17, 15) is 13.6 Å². The molecule has 34 heavy (non-hydrogen) atoms. The fourth-order valence-corrected chi connectivity index (χ4v) is 5.30. The number of hydrogen-bond acceptors (Lipinski definition) is 5. The molecule has 2 aromatic rings. The van der Waals surface area contributed by atoms with Gasteiger partial charge in [-0.2, -0.15) is 0 Å². The maximum absolute atomic E-state index is 13.6. The van der Waals surface area contributed by atoms with Crippen LogP contribution in [0.25, 0.3) is 0 Å². The van der Waals surface area contributed by atoms with Crippen molar-refractivity contribution in [1.29, 1.82) is 0 Å². The summed E-state index contributed by atoms with van der Waals surface area (Å²) in [6, 6.07) is 9.13. The Hall–Kier alpha value is -2.42. The van der Waals surface area contributed by atoms with Crippen molar-refractivity contribution in [2.24, 2.45) is 5.41 Å². The minimum Gasteiger partial charge on any atom is -0.493 e. The van der Waals surface area contributed by atoms with Gasteiger partial charge in [0.1, 0.15) is 5.69 Å². The first-order valence-electron chi connectivity index (χ1n) is 11.8. The highest BCUT2D eigenvalue weighted by molar-refractivity contribution is 9.10. The standard InChI is InChI=1S/C25H29BrF2N4O2/c1-34-21-5-4-19(29-22(21)32-14-10-25(27,28)11-15-32)23(33)30-18-3-2-17(26)16-20(18)31-12-8-24(6-7-24)9-13-31/h2-5,16H,6-15H2,1H3,(H,30,33). The molecule has 6 nitrogen and oxygen atoms in total. The number of halogens is 3. The van der Waals surface area contributed by atoms with E-state index in [0.717, 1.165) is 28.9 Å². The first kappa shape index (κ1) is 23.3. The summed E-state index contributed by atoms with van der Waals surface area (Å²) in [4.78, 5) is 21.8. The number of hydrogen-bond donors (Lipinski definition) is 1. The summed E-state index contributed by atoms with van der Waals surface area (Å²) < 4.78 is 33.6. The number of amides is 1. The number of anilines is 3. The third-order valence-corrected chi connectivity index (χ3v) is 7.91. The molecule has 1 spiro atoms. The zero-order valence-corrected chi connectivity index (χ0v) is 20.8. The minimum absolute atomic E-state index is 0.161. The van der Waals surface area contributed by atoms with E-state index in [4.69, 9.17) is 4.74 Å². The Morgan fingerprint density at radius 3 is 2.32 bits per heavy atom. The average Bonchev–Trinajstić information content (AvgIpc) is 3.59. The highest BCUT2D eigenvalue weighted by Crippen LogP contribution is 2.54. The van der Waals surface area contributed by atoms with Gasteiger partial charge in [-0.25, -0.2) is 13.8 Å². The van der Waals surface area contributed by atoms with E-state index in [1.165, 1.54) is 32.8 Å². The largest absolute Gasteiger partial charge is 0.493 e. The maximum Gasteiger partial charge on any atom is 0.274 e. The summed E-state index contributed by atoms with van der Waals surface area (Å²) in [7, 11) is 1.51. The predicted octanol–water partition coefficient (Wildman–Crippen LogP) is 5.72. The van der Waals surface area contributed by atoms with Gasteiger partial charge in [0, 0.05) is 43.5 Å². The van der Waals surface area contributed by atoms with E-state index in [1.807, 2.05) is 18.2 Å². The van der Waals surface area contributed by atoms with Gasteiger partial charge >= 0.3 is 0 Å². The molecule has 1 aromatic heterocycles. The summed E-state index contributed by atoms with van der Waals surface area (Å²) in [6.45, 7) is 2.27. The summed E-state index contributed by atoms with van der Waals surface area (Å²) >= 11 is 3.56. The lowest BCUT2D eigenvalue weighted by molar-refractivity contribution is -0.0222. The zero-order valence-electron chi connectivity index (χ0n) is 19.2. The Labute approximate surface area is 206 Å². The normalized spacial score (nSPS) is 20.8. The molecule has 1 aliphatic carbocycles. The molecule has 2 aliphatic heterocycles. The molecule has 1 N–H and O–H groups in total. The molecule has 0 bridgehead atoms. The summed E-state index contributed by atoms with van der Waals surface area (Å²) in [6.07, 6.45) is 4.56. The van der Waals surface area contributed by atoms with Gasteiger partial charge in [-0.05, 0) is 61.4 Å². The number of carbonyl (C=O) groups is 1. The fourth-order valence-electron chi connectivity index (χ4n) is 4.95. The fraction of sp³-hybridized carbons (Fsp3) is 0.520. The van der Waals surface area contributed by atoms with E-state index in [1.54, 1.807) is 17.0 Å². The molecule has 1 amide bonds. The van der Waals surface area contributed by atoms with Crippen LogP contribution >= 0.6 is 15.9 Å². The van der Waals surface area contributed by atoms with Crippen molar-refractivity contribution in [3.63, 3.8) is 0 Å². The second-order valence-electron chi connectivity index (χ2n) is 9.67. The van der Waals surface area contributed by atoms with Gasteiger partial charge in [-0.15, -0.1) is 0 Å². The number of aromatic nitrogens is 1. The number of nitrogens with zero attached hydrogens (tertiary/aromatic N) is 3. The van der Waals surface area contributed by atoms with Gasteiger partial charge in [-0.3, -0.25) is 4.79 Å². The SMILES string of the molecule is COc1ccc(C(=O)Nc2ccc(Br)cc2N2CCC3(CC2)CC3)nc1N1CCC(F)(F)CC1. The summed E-state index contributed by atoms with van der Waals surface area (Å²) in [5.74, 6) is -2.11. The number of methoxy groups -OCH3 is 1. The molecule has 5 rings (SSSR count). The minimum atomic E-state index is -2.66. The number of nitrogens with one attached hydrogen (secondary N) is 1. The Morgan fingerprint density at radius 1 is 1.00 bits per heavy atom. The van der Waals surface area contributed by atoms with Crippen LogP contribution in [0.2, 0.25) is 0 Å². The molecule has 3 heterocycles. The lowest BCUT2D eigenvalue weighted by Gasteiger charge is -2.35. The molecule has 182 valence electrons.